The number of aromatic nitrogens is 3. The highest BCUT2D eigenvalue weighted by atomic mass is 35.5. The molecule has 0 atom stereocenters. The number of rotatable bonds is 4. The van der Waals surface area contributed by atoms with Crippen LogP contribution in [-0.2, 0) is 13.1 Å². The van der Waals surface area contributed by atoms with E-state index in [-0.39, 0.29) is 0 Å². The highest BCUT2D eigenvalue weighted by Crippen LogP contribution is 2.19. The fourth-order valence-corrected chi connectivity index (χ4v) is 3.35. The molecule has 0 amide bonds. The van der Waals surface area contributed by atoms with Gasteiger partial charge in [0.05, 0.1) is 27.1 Å². The van der Waals surface area contributed by atoms with E-state index in [9.17, 15) is 0 Å². The number of nitrogens with one attached hydrogen (secondary N) is 1. The lowest BCUT2D eigenvalue weighted by Gasteiger charge is -2.33. The Morgan fingerprint density at radius 1 is 1.19 bits per heavy atom. The molecule has 1 fully saturated rings. The van der Waals surface area contributed by atoms with E-state index in [0.29, 0.717) is 0 Å². The molecule has 7 heteroatoms. The summed E-state index contributed by atoms with van der Waals surface area (Å²) in [5.41, 5.74) is 3.10. The van der Waals surface area contributed by atoms with Gasteiger partial charge in [-0.2, -0.15) is 5.10 Å². The maximum atomic E-state index is 6.23. The van der Waals surface area contributed by atoms with Gasteiger partial charge in [-0.25, -0.2) is 4.98 Å². The number of piperazine rings is 1. The average molecular weight is 326 g/mol. The third-order valence-electron chi connectivity index (χ3n) is 3.83. The lowest BCUT2D eigenvalue weighted by atomic mass is 10.2. The number of thiazole rings is 1. The average Bonchev–Trinajstić information content (AvgIpc) is 3.01. The molecule has 0 spiro atoms. The first-order valence-electron chi connectivity index (χ1n) is 7.17. The lowest BCUT2D eigenvalue weighted by Crippen LogP contribution is -2.45. The van der Waals surface area contributed by atoms with Crippen LogP contribution in [0.3, 0.4) is 0 Å². The minimum atomic E-state index is 0.773. The molecule has 0 unspecified atom stereocenters. The van der Waals surface area contributed by atoms with Crippen molar-refractivity contribution in [2.75, 3.05) is 26.2 Å². The van der Waals surface area contributed by atoms with E-state index in [1.807, 2.05) is 6.92 Å². The third-order valence-corrected chi connectivity index (χ3v) is 5.16. The Kier molecular flexibility index (Phi) is 4.59. The standard InChI is InChI=1S/C14H20ClN5S/c1-10-14(15)13(18-17-10)8-20-5-3-19(4-6-20)7-12-9-21-11(2)16-12/h9H,3-8H2,1-2H3,(H,17,18). The van der Waals surface area contributed by atoms with Gasteiger partial charge in [0.25, 0.3) is 0 Å². The summed E-state index contributed by atoms with van der Waals surface area (Å²) in [6.45, 7) is 10.0. The second-order valence-electron chi connectivity index (χ2n) is 5.52. The number of nitrogens with zero attached hydrogens (tertiary/aromatic N) is 4. The van der Waals surface area contributed by atoms with Gasteiger partial charge in [0, 0.05) is 44.6 Å². The monoisotopic (exact) mass is 325 g/mol. The predicted molar refractivity (Wildman–Crippen MR) is 85.7 cm³/mol. The quantitative estimate of drug-likeness (QED) is 0.938. The van der Waals surface area contributed by atoms with E-state index in [2.05, 4.69) is 37.3 Å². The van der Waals surface area contributed by atoms with Crippen LogP contribution in [0.15, 0.2) is 5.38 Å². The van der Waals surface area contributed by atoms with Crippen LogP contribution < -0.4 is 0 Å². The molecule has 1 saturated heterocycles. The fourth-order valence-electron chi connectivity index (χ4n) is 2.60. The second-order valence-corrected chi connectivity index (χ2v) is 6.96. The number of halogens is 1. The Bertz CT molecular complexity index is 600. The van der Waals surface area contributed by atoms with E-state index >= 15 is 0 Å². The van der Waals surface area contributed by atoms with Crippen molar-refractivity contribution in [3.63, 3.8) is 0 Å². The molecular weight excluding hydrogens is 306 g/mol. The molecule has 1 aliphatic heterocycles. The summed E-state index contributed by atoms with van der Waals surface area (Å²) in [6, 6.07) is 0. The number of H-pyrrole nitrogens is 1. The zero-order valence-corrected chi connectivity index (χ0v) is 14.0. The van der Waals surface area contributed by atoms with Crippen molar-refractivity contribution in [2.45, 2.75) is 26.9 Å². The van der Waals surface area contributed by atoms with Crippen LogP contribution in [-0.4, -0.2) is 51.2 Å². The second kappa shape index (κ2) is 6.44. The number of aromatic amines is 1. The Labute approximate surface area is 133 Å². The largest absolute Gasteiger partial charge is 0.295 e. The highest BCUT2D eigenvalue weighted by molar-refractivity contribution is 7.09. The van der Waals surface area contributed by atoms with E-state index in [4.69, 9.17) is 11.6 Å². The summed E-state index contributed by atoms with van der Waals surface area (Å²) in [5.74, 6) is 0. The molecule has 0 bridgehead atoms. The molecule has 0 aliphatic carbocycles. The zero-order chi connectivity index (χ0) is 14.8. The van der Waals surface area contributed by atoms with Crippen molar-refractivity contribution in [3.8, 4) is 0 Å². The van der Waals surface area contributed by atoms with Crippen LogP contribution in [0.25, 0.3) is 0 Å². The van der Waals surface area contributed by atoms with Gasteiger partial charge in [-0.05, 0) is 13.8 Å². The van der Waals surface area contributed by atoms with E-state index in [0.717, 1.165) is 60.7 Å². The predicted octanol–water partition coefficient (Wildman–Crippen LogP) is 2.45. The first kappa shape index (κ1) is 15.0. The van der Waals surface area contributed by atoms with Gasteiger partial charge in [-0.3, -0.25) is 14.9 Å². The molecule has 1 aliphatic rings. The Morgan fingerprint density at radius 3 is 2.38 bits per heavy atom. The van der Waals surface area contributed by atoms with Crippen LogP contribution >= 0.6 is 22.9 Å². The molecule has 114 valence electrons. The highest BCUT2D eigenvalue weighted by Gasteiger charge is 2.20. The molecule has 1 N–H and O–H groups in total. The zero-order valence-electron chi connectivity index (χ0n) is 12.4. The summed E-state index contributed by atoms with van der Waals surface area (Å²) < 4.78 is 0. The van der Waals surface area contributed by atoms with Gasteiger partial charge >= 0.3 is 0 Å². The molecule has 0 saturated carbocycles. The van der Waals surface area contributed by atoms with Gasteiger partial charge in [0.2, 0.25) is 0 Å². The van der Waals surface area contributed by atoms with Gasteiger partial charge in [-0.15, -0.1) is 11.3 Å². The minimum absolute atomic E-state index is 0.773. The van der Waals surface area contributed by atoms with Crippen molar-refractivity contribution < 1.29 is 0 Å². The maximum Gasteiger partial charge on any atom is 0.0951 e. The molecule has 0 radical (unpaired) electrons. The van der Waals surface area contributed by atoms with E-state index in [1.54, 1.807) is 11.3 Å². The molecule has 5 nitrogen and oxygen atoms in total. The summed E-state index contributed by atoms with van der Waals surface area (Å²) in [7, 11) is 0. The van der Waals surface area contributed by atoms with E-state index < -0.39 is 0 Å². The third kappa shape index (κ3) is 3.63. The number of aryl methyl sites for hydroxylation is 2. The van der Waals surface area contributed by atoms with Gasteiger partial charge in [-0.1, -0.05) is 11.6 Å². The number of hydrogen-bond acceptors (Lipinski definition) is 5. The van der Waals surface area contributed by atoms with Crippen LogP contribution in [0.2, 0.25) is 5.02 Å². The molecule has 0 aromatic carbocycles. The summed E-state index contributed by atoms with van der Waals surface area (Å²) in [6.07, 6.45) is 0. The summed E-state index contributed by atoms with van der Waals surface area (Å²) in [4.78, 5) is 9.41. The van der Waals surface area contributed by atoms with Crippen LogP contribution in [0.1, 0.15) is 22.1 Å². The minimum Gasteiger partial charge on any atom is -0.295 e. The smallest absolute Gasteiger partial charge is 0.0951 e. The molecule has 3 heterocycles. The maximum absolute atomic E-state index is 6.23. The fraction of sp³-hybridized carbons (Fsp3) is 0.571. The number of hydrogen-bond donors (Lipinski definition) is 1. The Morgan fingerprint density at radius 2 is 1.86 bits per heavy atom. The summed E-state index contributed by atoms with van der Waals surface area (Å²) in [5, 5.41) is 11.3. The van der Waals surface area contributed by atoms with Crippen molar-refractivity contribution in [1.29, 1.82) is 0 Å². The molecular formula is C14H20ClN5S. The topological polar surface area (TPSA) is 48.1 Å². The first-order chi connectivity index (χ1) is 10.1. The Balaban J connectivity index is 1.50. The van der Waals surface area contributed by atoms with E-state index in [1.165, 1.54) is 5.69 Å². The summed E-state index contributed by atoms with van der Waals surface area (Å²) >= 11 is 7.95. The molecule has 3 rings (SSSR count). The Hall–Kier alpha value is -0.950. The molecule has 21 heavy (non-hydrogen) atoms. The first-order valence-corrected chi connectivity index (χ1v) is 8.42. The van der Waals surface area contributed by atoms with Gasteiger partial charge in [0.15, 0.2) is 0 Å². The SMILES string of the molecule is Cc1nc(CN2CCN(Cc3n[nH]c(C)c3Cl)CC2)cs1. The van der Waals surface area contributed by atoms with Crippen LogP contribution in [0.4, 0.5) is 0 Å². The lowest BCUT2D eigenvalue weighted by molar-refractivity contribution is 0.120. The van der Waals surface area contributed by atoms with Crippen LogP contribution in [0.5, 0.6) is 0 Å². The van der Waals surface area contributed by atoms with Gasteiger partial charge < -0.3 is 0 Å². The normalized spacial score (nSPS) is 17.5. The molecule has 2 aromatic heterocycles. The van der Waals surface area contributed by atoms with Crippen molar-refractivity contribution in [2.24, 2.45) is 0 Å². The van der Waals surface area contributed by atoms with Crippen molar-refractivity contribution >= 4 is 22.9 Å². The van der Waals surface area contributed by atoms with Crippen molar-refractivity contribution in [1.82, 2.24) is 25.0 Å². The molecule has 2 aromatic rings. The van der Waals surface area contributed by atoms with Crippen LogP contribution in [0, 0.1) is 13.8 Å². The van der Waals surface area contributed by atoms with Crippen molar-refractivity contribution in [3.05, 3.63) is 32.5 Å². The van der Waals surface area contributed by atoms with Gasteiger partial charge in [0.1, 0.15) is 0 Å².